The Labute approximate surface area is 106 Å². The minimum Gasteiger partial charge on any atom is -0.481 e. The van der Waals surface area contributed by atoms with Gasteiger partial charge in [-0.1, -0.05) is 18.2 Å². The van der Waals surface area contributed by atoms with Gasteiger partial charge in [0.2, 0.25) is 0 Å². The highest BCUT2D eigenvalue weighted by Crippen LogP contribution is 2.24. The second kappa shape index (κ2) is 6.59. The molecule has 94 valence electrons. The highest BCUT2D eigenvalue weighted by atomic mass is 32.2. The van der Waals surface area contributed by atoms with E-state index in [1.54, 1.807) is 44.1 Å². The third-order valence-corrected chi connectivity index (χ3v) is 3.51. The summed E-state index contributed by atoms with van der Waals surface area (Å²) in [6.07, 6.45) is 6.06. The van der Waals surface area contributed by atoms with E-state index >= 15 is 0 Å². The molecule has 1 heterocycles. The average Bonchev–Trinajstić information content (AvgIpc) is 2.29. The van der Waals surface area contributed by atoms with Crippen molar-refractivity contribution in [3.8, 4) is 0 Å². The molecule has 1 aromatic rings. The van der Waals surface area contributed by atoms with Gasteiger partial charge in [-0.15, -0.1) is 0 Å². The quantitative estimate of drug-likeness (QED) is 0.460. The molecule has 0 unspecified atom stereocenters. The highest BCUT2D eigenvalue weighted by Gasteiger charge is 2.25. The van der Waals surface area contributed by atoms with Gasteiger partial charge in [-0.3, -0.25) is 4.79 Å². The van der Waals surface area contributed by atoms with Crippen LogP contribution in [0, 0.1) is 5.41 Å². The molecule has 4 nitrogen and oxygen atoms in total. The number of carboxylic acids is 1. The van der Waals surface area contributed by atoms with Crippen LogP contribution in [-0.2, 0) is 4.79 Å². The summed E-state index contributed by atoms with van der Waals surface area (Å²) in [5, 5.41) is 9.73. The molecule has 0 saturated carbocycles. The van der Waals surface area contributed by atoms with E-state index in [-0.39, 0.29) is 0 Å². The fourth-order valence-electron chi connectivity index (χ4n) is 1.30. The smallest absolute Gasteiger partial charge is 0.309 e. The van der Waals surface area contributed by atoms with Crippen LogP contribution in [0.15, 0.2) is 23.6 Å². The summed E-state index contributed by atoms with van der Waals surface area (Å²) >= 11 is 1.61. The molecule has 17 heavy (non-hydrogen) atoms. The number of carbonyl (C=O) groups is 1. The van der Waals surface area contributed by atoms with Crippen LogP contribution in [0.2, 0.25) is 0 Å². The Morgan fingerprint density at radius 3 is 2.59 bits per heavy atom. The molecule has 1 aromatic heterocycles. The van der Waals surface area contributed by atoms with Crippen molar-refractivity contribution in [2.45, 2.75) is 38.3 Å². The first-order chi connectivity index (χ1) is 8.02. The lowest BCUT2D eigenvalue weighted by Gasteiger charge is -2.18. The van der Waals surface area contributed by atoms with Crippen molar-refractivity contribution in [1.82, 2.24) is 9.97 Å². The Balaban J connectivity index is 2.15. The molecule has 0 amide bonds. The maximum Gasteiger partial charge on any atom is 0.309 e. The third-order valence-electron chi connectivity index (χ3n) is 2.55. The van der Waals surface area contributed by atoms with Gasteiger partial charge in [0, 0.05) is 18.1 Å². The zero-order chi connectivity index (χ0) is 12.7. The van der Waals surface area contributed by atoms with E-state index in [0.717, 1.165) is 23.8 Å². The molecule has 1 rings (SSSR count). The van der Waals surface area contributed by atoms with Crippen LogP contribution in [0.3, 0.4) is 0 Å². The van der Waals surface area contributed by atoms with Crippen LogP contribution in [0.1, 0.15) is 33.1 Å². The lowest BCUT2D eigenvalue weighted by molar-refractivity contribution is -0.147. The minimum atomic E-state index is -0.725. The molecule has 0 bridgehead atoms. The summed E-state index contributed by atoms with van der Waals surface area (Å²) in [5.74, 6) is 0.205. The van der Waals surface area contributed by atoms with Crippen molar-refractivity contribution < 1.29 is 9.90 Å². The summed E-state index contributed by atoms with van der Waals surface area (Å²) in [6, 6.07) is 1.79. The Bertz CT molecular complexity index is 355. The predicted octanol–water partition coefficient (Wildman–Crippen LogP) is 2.85. The van der Waals surface area contributed by atoms with E-state index in [1.807, 2.05) is 0 Å². The Hall–Kier alpha value is -1.10. The topological polar surface area (TPSA) is 63.1 Å². The van der Waals surface area contributed by atoms with Gasteiger partial charge in [0.25, 0.3) is 0 Å². The molecule has 0 aromatic carbocycles. The van der Waals surface area contributed by atoms with Gasteiger partial charge >= 0.3 is 5.97 Å². The van der Waals surface area contributed by atoms with Crippen LogP contribution >= 0.6 is 11.8 Å². The monoisotopic (exact) mass is 254 g/mol. The van der Waals surface area contributed by atoms with Crippen LogP contribution < -0.4 is 0 Å². The summed E-state index contributed by atoms with van der Waals surface area (Å²) in [6.45, 7) is 3.53. The standard InChI is InChI=1S/C12H18N2O2S/c1-12(2,10(15)16)6-3-4-9-17-11-13-7-5-8-14-11/h5,7-8H,3-4,6,9H2,1-2H3,(H,15,16). The van der Waals surface area contributed by atoms with Crippen LogP contribution in [0.4, 0.5) is 0 Å². The Morgan fingerprint density at radius 2 is 2.00 bits per heavy atom. The van der Waals surface area contributed by atoms with E-state index in [9.17, 15) is 4.79 Å². The molecular formula is C12H18N2O2S. The van der Waals surface area contributed by atoms with E-state index in [2.05, 4.69) is 9.97 Å². The lowest BCUT2D eigenvalue weighted by Crippen LogP contribution is -2.23. The van der Waals surface area contributed by atoms with Crippen molar-refractivity contribution in [2.24, 2.45) is 5.41 Å². The van der Waals surface area contributed by atoms with E-state index in [0.29, 0.717) is 6.42 Å². The summed E-state index contributed by atoms with van der Waals surface area (Å²) in [7, 11) is 0. The highest BCUT2D eigenvalue weighted by molar-refractivity contribution is 7.99. The maximum atomic E-state index is 10.9. The van der Waals surface area contributed by atoms with Gasteiger partial charge in [0.1, 0.15) is 0 Å². The molecule has 0 aliphatic rings. The fourth-order valence-corrected chi connectivity index (χ4v) is 2.10. The predicted molar refractivity (Wildman–Crippen MR) is 68.0 cm³/mol. The van der Waals surface area contributed by atoms with E-state index < -0.39 is 11.4 Å². The van der Waals surface area contributed by atoms with Crippen LogP contribution in [0.25, 0.3) is 0 Å². The van der Waals surface area contributed by atoms with Gasteiger partial charge in [0.05, 0.1) is 5.41 Å². The van der Waals surface area contributed by atoms with Crippen molar-refractivity contribution in [1.29, 1.82) is 0 Å². The molecule has 0 saturated heterocycles. The average molecular weight is 254 g/mol. The Morgan fingerprint density at radius 1 is 1.35 bits per heavy atom. The van der Waals surface area contributed by atoms with Gasteiger partial charge in [-0.2, -0.15) is 0 Å². The zero-order valence-corrected chi connectivity index (χ0v) is 11.0. The van der Waals surface area contributed by atoms with E-state index in [4.69, 9.17) is 5.11 Å². The largest absolute Gasteiger partial charge is 0.481 e. The number of hydrogen-bond acceptors (Lipinski definition) is 4. The second-order valence-corrected chi connectivity index (χ2v) is 5.59. The van der Waals surface area contributed by atoms with Crippen LogP contribution in [-0.4, -0.2) is 26.8 Å². The minimum absolute atomic E-state index is 0.617. The molecule has 0 fully saturated rings. The number of nitrogens with zero attached hydrogens (tertiary/aromatic N) is 2. The first-order valence-corrected chi connectivity index (χ1v) is 6.64. The molecule has 0 radical (unpaired) electrons. The zero-order valence-electron chi connectivity index (χ0n) is 10.2. The molecular weight excluding hydrogens is 236 g/mol. The third kappa shape index (κ3) is 5.17. The number of unbranched alkanes of at least 4 members (excludes halogenated alkanes) is 1. The summed E-state index contributed by atoms with van der Waals surface area (Å²) in [4.78, 5) is 19.1. The first-order valence-electron chi connectivity index (χ1n) is 5.65. The van der Waals surface area contributed by atoms with Gasteiger partial charge in [-0.05, 0) is 32.8 Å². The molecule has 0 aliphatic carbocycles. The second-order valence-electron chi connectivity index (χ2n) is 4.53. The maximum absolute atomic E-state index is 10.9. The number of thioether (sulfide) groups is 1. The summed E-state index contributed by atoms with van der Waals surface area (Å²) < 4.78 is 0. The molecule has 0 aliphatic heterocycles. The van der Waals surface area contributed by atoms with Crippen LogP contribution in [0.5, 0.6) is 0 Å². The number of aromatic nitrogens is 2. The number of aliphatic carboxylic acids is 1. The van der Waals surface area contributed by atoms with Gasteiger partial charge < -0.3 is 5.11 Å². The Kier molecular flexibility index (Phi) is 5.41. The van der Waals surface area contributed by atoms with Gasteiger partial charge in [0.15, 0.2) is 5.16 Å². The van der Waals surface area contributed by atoms with Gasteiger partial charge in [-0.25, -0.2) is 9.97 Å². The first kappa shape index (κ1) is 14.0. The summed E-state index contributed by atoms with van der Waals surface area (Å²) in [5.41, 5.74) is -0.617. The molecule has 5 heteroatoms. The molecule has 1 N–H and O–H groups in total. The normalized spacial score (nSPS) is 11.4. The van der Waals surface area contributed by atoms with E-state index in [1.165, 1.54) is 0 Å². The van der Waals surface area contributed by atoms with Crippen molar-refractivity contribution in [2.75, 3.05) is 5.75 Å². The van der Waals surface area contributed by atoms with Crippen molar-refractivity contribution >= 4 is 17.7 Å². The lowest BCUT2D eigenvalue weighted by atomic mass is 9.88. The number of hydrogen-bond donors (Lipinski definition) is 1. The fraction of sp³-hybridized carbons (Fsp3) is 0.583. The number of rotatable bonds is 7. The SMILES string of the molecule is CC(C)(CCCCSc1ncccn1)C(=O)O. The molecule has 0 atom stereocenters. The van der Waals surface area contributed by atoms with Crippen molar-refractivity contribution in [3.05, 3.63) is 18.5 Å². The molecule has 0 spiro atoms. The van der Waals surface area contributed by atoms with Crippen molar-refractivity contribution in [3.63, 3.8) is 0 Å². The number of carboxylic acid groups (broad SMARTS) is 1.